The van der Waals surface area contributed by atoms with Crippen LogP contribution in [0.2, 0.25) is 5.02 Å². The fourth-order valence-electron chi connectivity index (χ4n) is 3.12. The number of aryl methyl sites for hydroxylation is 3. The minimum absolute atomic E-state index is 0.0795. The minimum Gasteiger partial charge on any atom is -0.399 e. The van der Waals surface area contributed by atoms with Gasteiger partial charge >= 0.3 is 0 Å². The molecule has 0 bridgehead atoms. The van der Waals surface area contributed by atoms with E-state index >= 15 is 0 Å². The Balaban J connectivity index is 2.01. The molecule has 1 N–H and O–H groups in total. The summed E-state index contributed by atoms with van der Waals surface area (Å²) in [6, 6.07) is 11.0. The second kappa shape index (κ2) is 8.45. The summed E-state index contributed by atoms with van der Waals surface area (Å²) in [5.41, 5.74) is 4.02. The minimum atomic E-state index is -0.681. The topological polar surface area (TPSA) is 68.5 Å². The fraction of sp³-hybridized carbons (Fsp3) is 0.190. The quantitative estimate of drug-likeness (QED) is 0.484. The molecule has 0 spiro atoms. The molecule has 0 fully saturated rings. The Hall–Kier alpha value is -3.19. The Labute approximate surface area is 172 Å². The van der Waals surface area contributed by atoms with Crippen LogP contribution in [0.25, 0.3) is 11.1 Å². The summed E-state index contributed by atoms with van der Waals surface area (Å²) >= 11 is 6.37. The summed E-state index contributed by atoms with van der Waals surface area (Å²) in [6.07, 6.45) is 1.51. The lowest BCUT2D eigenvalue weighted by Crippen LogP contribution is -2.15. The van der Waals surface area contributed by atoms with Gasteiger partial charge in [0.05, 0.1) is 16.9 Å². The molecule has 1 aromatic heterocycles. The number of amides is 1. The highest BCUT2D eigenvalue weighted by Gasteiger charge is 2.22. The molecule has 0 radical (unpaired) electrons. The highest BCUT2D eigenvalue weighted by atomic mass is 35.5. The van der Waals surface area contributed by atoms with Gasteiger partial charge in [0.1, 0.15) is 12.7 Å². The lowest BCUT2D eigenvalue weighted by molar-refractivity contribution is 0.102. The number of hydrogen-bond acceptors (Lipinski definition) is 4. The first kappa shape index (κ1) is 20.5. The maximum Gasteiger partial charge on any atom is 0.262 e. The summed E-state index contributed by atoms with van der Waals surface area (Å²) in [4.78, 5) is 17.4. The maximum atomic E-state index is 14.3. The van der Waals surface area contributed by atoms with Crippen molar-refractivity contribution < 1.29 is 14.0 Å². The molecule has 0 aliphatic carbocycles. The predicted molar refractivity (Wildman–Crippen MR) is 112 cm³/mol. The molecule has 1 heterocycles. The van der Waals surface area contributed by atoms with E-state index in [2.05, 4.69) is 20.4 Å². The third-order valence-corrected chi connectivity index (χ3v) is 4.81. The van der Waals surface area contributed by atoms with Crippen LogP contribution in [0, 0.1) is 19.8 Å². The molecule has 0 aliphatic rings. The molecule has 0 saturated heterocycles. The average Bonchev–Trinajstić information content (AvgIpc) is 2.92. The van der Waals surface area contributed by atoms with Gasteiger partial charge in [-0.3, -0.25) is 4.79 Å². The van der Waals surface area contributed by atoms with Gasteiger partial charge in [-0.1, -0.05) is 41.0 Å². The van der Waals surface area contributed by atoms with Crippen molar-refractivity contribution in [3.05, 3.63) is 69.8 Å². The first-order valence-electron chi connectivity index (χ1n) is 8.80. The molecule has 3 rings (SSSR count). The largest absolute Gasteiger partial charge is 0.399 e. The monoisotopic (exact) mass is 414 g/mol. The van der Waals surface area contributed by atoms with E-state index in [1.807, 2.05) is 31.2 Å². The lowest BCUT2D eigenvalue weighted by Gasteiger charge is -2.15. The van der Waals surface area contributed by atoms with E-state index in [1.165, 1.54) is 20.4 Å². The van der Waals surface area contributed by atoms with Crippen molar-refractivity contribution in [2.45, 2.75) is 13.8 Å². The van der Waals surface area contributed by atoms with Gasteiger partial charge in [-0.25, -0.2) is 4.68 Å². The number of aromatic nitrogens is 2. The van der Waals surface area contributed by atoms with Crippen LogP contribution in [-0.2, 0) is 11.9 Å². The molecule has 2 aromatic carbocycles. The molecular formula is C21H20ClFN4O2. The maximum absolute atomic E-state index is 14.3. The van der Waals surface area contributed by atoms with Crippen LogP contribution in [-0.4, -0.2) is 29.0 Å². The van der Waals surface area contributed by atoms with Crippen LogP contribution in [0.4, 0.5) is 10.1 Å². The number of anilines is 1. The third-order valence-electron chi connectivity index (χ3n) is 4.49. The molecular weight excluding hydrogens is 395 g/mol. The SMILES string of the molecule is CON=Cc1ccc(-c2c(C)cccc2NC(=O)c2c(C)nn(C)c2F)cc1Cl. The second-order valence-corrected chi connectivity index (χ2v) is 6.89. The predicted octanol–water partition coefficient (Wildman–Crippen LogP) is 4.73. The number of carbonyl (C=O) groups is 1. The van der Waals surface area contributed by atoms with E-state index in [4.69, 9.17) is 11.6 Å². The van der Waals surface area contributed by atoms with Gasteiger partial charge < -0.3 is 10.2 Å². The Bertz CT molecular complexity index is 1110. The molecule has 0 unspecified atom stereocenters. The van der Waals surface area contributed by atoms with E-state index in [0.29, 0.717) is 22.0 Å². The summed E-state index contributed by atoms with van der Waals surface area (Å²) in [6.45, 7) is 3.52. The molecule has 3 aromatic rings. The van der Waals surface area contributed by atoms with E-state index in [0.717, 1.165) is 21.4 Å². The molecule has 0 aliphatic heterocycles. The zero-order valence-electron chi connectivity index (χ0n) is 16.5. The van der Waals surface area contributed by atoms with E-state index in [-0.39, 0.29) is 5.56 Å². The van der Waals surface area contributed by atoms with Crippen molar-refractivity contribution in [3.63, 3.8) is 0 Å². The number of nitrogens with one attached hydrogen (secondary N) is 1. The molecule has 1 amide bonds. The van der Waals surface area contributed by atoms with Crippen molar-refractivity contribution in [2.75, 3.05) is 12.4 Å². The number of carbonyl (C=O) groups excluding carboxylic acids is 1. The highest BCUT2D eigenvalue weighted by molar-refractivity contribution is 6.33. The fourth-order valence-corrected chi connectivity index (χ4v) is 3.35. The van der Waals surface area contributed by atoms with E-state index in [9.17, 15) is 9.18 Å². The summed E-state index contributed by atoms with van der Waals surface area (Å²) in [5, 5.41) is 11.0. The van der Waals surface area contributed by atoms with Crippen molar-refractivity contribution in [1.29, 1.82) is 0 Å². The molecule has 150 valence electrons. The zero-order chi connectivity index (χ0) is 21.1. The van der Waals surface area contributed by atoms with Crippen LogP contribution >= 0.6 is 11.6 Å². The number of halogens is 2. The molecule has 0 atom stereocenters. The number of benzene rings is 2. The summed E-state index contributed by atoms with van der Waals surface area (Å²) < 4.78 is 15.3. The molecule has 8 heteroatoms. The first-order chi connectivity index (χ1) is 13.8. The molecule has 6 nitrogen and oxygen atoms in total. The number of hydrogen-bond donors (Lipinski definition) is 1. The van der Waals surface area contributed by atoms with Gasteiger partial charge in [-0.2, -0.15) is 9.49 Å². The van der Waals surface area contributed by atoms with Crippen LogP contribution in [0.1, 0.15) is 27.2 Å². The summed E-state index contributed by atoms with van der Waals surface area (Å²) in [7, 11) is 2.90. The highest BCUT2D eigenvalue weighted by Crippen LogP contribution is 2.34. The van der Waals surface area contributed by atoms with Gasteiger partial charge in [0.15, 0.2) is 0 Å². The Morgan fingerprint density at radius 1 is 1.31 bits per heavy atom. The van der Waals surface area contributed by atoms with Crippen molar-refractivity contribution in [2.24, 2.45) is 12.2 Å². The van der Waals surface area contributed by atoms with E-state index in [1.54, 1.807) is 19.1 Å². The van der Waals surface area contributed by atoms with Crippen molar-refractivity contribution in [1.82, 2.24) is 9.78 Å². The smallest absolute Gasteiger partial charge is 0.262 e. The van der Waals surface area contributed by atoms with Gasteiger partial charge in [-0.15, -0.1) is 0 Å². The Kier molecular flexibility index (Phi) is 5.98. The lowest BCUT2D eigenvalue weighted by atomic mass is 9.97. The van der Waals surface area contributed by atoms with Crippen LogP contribution in [0.15, 0.2) is 41.6 Å². The van der Waals surface area contributed by atoms with Gasteiger partial charge in [-0.05, 0) is 37.1 Å². The normalized spacial score (nSPS) is 11.1. The third kappa shape index (κ3) is 4.14. The molecule has 29 heavy (non-hydrogen) atoms. The van der Waals surface area contributed by atoms with Gasteiger partial charge in [0.25, 0.3) is 5.91 Å². The van der Waals surface area contributed by atoms with Crippen LogP contribution in [0.3, 0.4) is 0 Å². The number of oxime groups is 1. The van der Waals surface area contributed by atoms with Gasteiger partial charge in [0, 0.05) is 23.9 Å². The second-order valence-electron chi connectivity index (χ2n) is 6.48. The number of rotatable bonds is 5. The average molecular weight is 415 g/mol. The molecule has 0 saturated carbocycles. The van der Waals surface area contributed by atoms with Crippen LogP contribution < -0.4 is 5.32 Å². The van der Waals surface area contributed by atoms with E-state index < -0.39 is 11.9 Å². The van der Waals surface area contributed by atoms with Gasteiger partial charge in [0.2, 0.25) is 5.95 Å². The number of nitrogens with zero attached hydrogens (tertiary/aromatic N) is 3. The zero-order valence-corrected chi connectivity index (χ0v) is 17.2. The first-order valence-corrected chi connectivity index (χ1v) is 9.17. The van der Waals surface area contributed by atoms with Crippen LogP contribution in [0.5, 0.6) is 0 Å². The van der Waals surface area contributed by atoms with Crippen molar-refractivity contribution >= 4 is 29.4 Å². The van der Waals surface area contributed by atoms with Crippen molar-refractivity contribution in [3.8, 4) is 11.1 Å². The Morgan fingerprint density at radius 2 is 2.07 bits per heavy atom. The standard InChI is InChI=1S/C21H20ClFN4O2/c1-12-6-5-7-17(25-21(28)19-13(2)26-27(3)20(19)23)18(12)14-8-9-15(11-24-29-4)16(22)10-14/h5-11H,1-4H3,(H,25,28). The summed E-state index contributed by atoms with van der Waals surface area (Å²) in [5.74, 6) is -1.24. The Morgan fingerprint density at radius 3 is 2.69 bits per heavy atom.